The van der Waals surface area contributed by atoms with E-state index in [0.29, 0.717) is 0 Å². The van der Waals surface area contributed by atoms with Crippen LogP contribution in [0.5, 0.6) is 0 Å². The second-order valence-corrected chi connectivity index (χ2v) is 9.20. The van der Waals surface area contributed by atoms with Crippen LogP contribution in [0.2, 0.25) is 0 Å². The predicted molar refractivity (Wildman–Crippen MR) is 131 cm³/mol. The second-order valence-electron chi connectivity index (χ2n) is 9.20. The molecule has 10 heteroatoms. The summed E-state index contributed by atoms with van der Waals surface area (Å²) in [6.07, 6.45) is 7.18. The van der Waals surface area contributed by atoms with E-state index in [4.69, 9.17) is 4.98 Å². The number of aromatic nitrogens is 8. The van der Waals surface area contributed by atoms with Crippen LogP contribution in [0, 0.1) is 0 Å². The van der Waals surface area contributed by atoms with Gasteiger partial charge >= 0.3 is 5.69 Å². The first-order chi connectivity index (χ1) is 16.5. The molecule has 0 atom stereocenters. The van der Waals surface area contributed by atoms with Crippen LogP contribution in [0.15, 0.2) is 47.8 Å². The SMILES string of the molecule is CC(C)n1cc(-c2nc3c(N4CCC(n5c(=O)[nH]c6ccccc65)CC4)ncnc3n2C)cn1. The summed E-state index contributed by atoms with van der Waals surface area (Å²) in [5.41, 5.74) is 4.35. The molecule has 1 fully saturated rings. The van der Waals surface area contributed by atoms with E-state index in [-0.39, 0.29) is 17.8 Å². The Morgan fingerprint density at radius 1 is 1.12 bits per heavy atom. The summed E-state index contributed by atoms with van der Waals surface area (Å²) in [7, 11) is 1.98. The summed E-state index contributed by atoms with van der Waals surface area (Å²) in [4.78, 5) is 31.9. The normalized spacial score (nSPS) is 15.2. The molecule has 0 aliphatic carbocycles. The van der Waals surface area contributed by atoms with Crippen molar-refractivity contribution < 1.29 is 0 Å². The van der Waals surface area contributed by atoms with Crippen LogP contribution in [-0.2, 0) is 7.05 Å². The zero-order valence-electron chi connectivity index (χ0n) is 19.5. The topological polar surface area (TPSA) is 102 Å². The molecule has 10 nitrogen and oxygen atoms in total. The summed E-state index contributed by atoms with van der Waals surface area (Å²) in [5, 5.41) is 4.46. The molecule has 1 aliphatic rings. The molecular formula is C24H27N9O. The predicted octanol–water partition coefficient (Wildman–Crippen LogP) is 3.29. The van der Waals surface area contributed by atoms with E-state index >= 15 is 0 Å². The molecule has 4 aromatic heterocycles. The van der Waals surface area contributed by atoms with Crippen molar-refractivity contribution in [2.45, 2.75) is 38.8 Å². The van der Waals surface area contributed by atoms with E-state index in [1.807, 2.05) is 57.5 Å². The molecule has 174 valence electrons. The van der Waals surface area contributed by atoms with Crippen LogP contribution in [-0.4, -0.2) is 51.9 Å². The number of nitrogens with zero attached hydrogens (tertiary/aromatic N) is 8. The van der Waals surface area contributed by atoms with Crippen molar-refractivity contribution in [1.29, 1.82) is 0 Å². The van der Waals surface area contributed by atoms with Crippen LogP contribution in [0.1, 0.15) is 38.8 Å². The number of fused-ring (bicyclic) bond motifs is 2. The molecule has 0 saturated carbocycles. The highest BCUT2D eigenvalue weighted by Gasteiger charge is 2.27. The van der Waals surface area contributed by atoms with Gasteiger partial charge in [0.2, 0.25) is 0 Å². The van der Waals surface area contributed by atoms with Crippen molar-refractivity contribution in [2.75, 3.05) is 18.0 Å². The number of hydrogen-bond acceptors (Lipinski definition) is 6. The Hall–Kier alpha value is -3.95. The minimum absolute atomic E-state index is 0.0413. The average molecular weight is 458 g/mol. The minimum Gasteiger partial charge on any atom is -0.355 e. The lowest BCUT2D eigenvalue weighted by atomic mass is 10.0. The number of para-hydroxylation sites is 2. The standard InChI is InChI=1S/C24H27N9O/c1-15(2)32-13-16(12-27-32)21-29-20-22(30(21)3)25-14-26-23(20)31-10-8-17(9-11-31)33-19-7-5-4-6-18(19)28-24(33)34/h4-7,12-15,17H,8-11H2,1-3H3,(H,28,34). The summed E-state index contributed by atoms with van der Waals surface area (Å²) < 4.78 is 5.84. The maximum atomic E-state index is 12.6. The summed E-state index contributed by atoms with van der Waals surface area (Å²) in [6.45, 7) is 5.78. The highest BCUT2D eigenvalue weighted by atomic mass is 16.1. The third-order valence-corrected chi connectivity index (χ3v) is 6.78. The second kappa shape index (κ2) is 7.82. The van der Waals surface area contributed by atoms with Gasteiger partial charge in [-0.15, -0.1) is 0 Å². The molecule has 0 radical (unpaired) electrons. The van der Waals surface area contributed by atoms with Gasteiger partial charge < -0.3 is 14.5 Å². The first-order valence-electron chi connectivity index (χ1n) is 11.7. The number of aromatic amines is 1. The van der Waals surface area contributed by atoms with Crippen LogP contribution in [0.25, 0.3) is 33.6 Å². The van der Waals surface area contributed by atoms with Crippen molar-refractivity contribution in [2.24, 2.45) is 7.05 Å². The summed E-state index contributed by atoms with van der Waals surface area (Å²) in [6, 6.07) is 8.31. The quantitative estimate of drug-likeness (QED) is 0.444. The molecule has 5 heterocycles. The van der Waals surface area contributed by atoms with E-state index in [1.54, 1.807) is 6.33 Å². The Bertz CT molecular complexity index is 1550. The third kappa shape index (κ3) is 3.20. The van der Waals surface area contributed by atoms with Gasteiger partial charge in [-0.25, -0.2) is 19.7 Å². The maximum absolute atomic E-state index is 12.6. The number of rotatable bonds is 4. The molecular weight excluding hydrogens is 430 g/mol. The minimum atomic E-state index is -0.0413. The Labute approximate surface area is 195 Å². The monoisotopic (exact) mass is 457 g/mol. The Balaban J connectivity index is 1.30. The van der Waals surface area contributed by atoms with E-state index in [0.717, 1.165) is 65.3 Å². The third-order valence-electron chi connectivity index (χ3n) is 6.78. The van der Waals surface area contributed by atoms with Crippen molar-refractivity contribution in [3.8, 4) is 11.4 Å². The number of H-pyrrole nitrogens is 1. The number of hydrogen-bond donors (Lipinski definition) is 1. The molecule has 0 unspecified atom stereocenters. The van der Waals surface area contributed by atoms with Gasteiger partial charge in [0.15, 0.2) is 17.0 Å². The Kier molecular flexibility index (Phi) is 4.75. The van der Waals surface area contributed by atoms with E-state index in [2.05, 4.69) is 38.8 Å². The van der Waals surface area contributed by atoms with Crippen LogP contribution < -0.4 is 10.6 Å². The molecule has 5 aromatic rings. The lowest BCUT2D eigenvalue weighted by Gasteiger charge is -2.33. The molecule has 1 saturated heterocycles. The highest BCUT2D eigenvalue weighted by Crippen LogP contribution is 2.32. The zero-order chi connectivity index (χ0) is 23.4. The molecule has 6 rings (SSSR count). The van der Waals surface area contributed by atoms with Gasteiger partial charge in [-0.2, -0.15) is 5.10 Å². The summed E-state index contributed by atoms with van der Waals surface area (Å²) in [5.74, 6) is 1.66. The fourth-order valence-electron chi connectivity index (χ4n) is 4.99. The maximum Gasteiger partial charge on any atom is 0.326 e. The number of nitrogens with one attached hydrogen (secondary N) is 1. The van der Waals surface area contributed by atoms with Gasteiger partial charge in [-0.3, -0.25) is 9.25 Å². The molecule has 0 amide bonds. The van der Waals surface area contributed by atoms with E-state index in [1.165, 1.54) is 0 Å². The van der Waals surface area contributed by atoms with Crippen molar-refractivity contribution in [1.82, 2.24) is 38.9 Å². The number of anilines is 1. The number of imidazole rings is 2. The van der Waals surface area contributed by atoms with Gasteiger partial charge in [0.1, 0.15) is 12.2 Å². The van der Waals surface area contributed by atoms with Gasteiger partial charge in [0, 0.05) is 38.4 Å². The number of aryl methyl sites for hydroxylation is 1. The van der Waals surface area contributed by atoms with Crippen molar-refractivity contribution in [3.63, 3.8) is 0 Å². The lowest BCUT2D eigenvalue weighted by Crippen LogP contribution is -2.37. The summed E-state index contributed by atoms with van der Waals surface area (Å²) >= 11 is 0. The first kappa shape index (κ1) is 20.6. The number of benzene rings is 1. The number of piperidine rings is 1. The van der Waals surface area contributed by atoms with Crippen LogP contribution in [0.4, 0.5) is 5.82 Å². The fraction of sp³-hybridized carbons (Fsp3) is 0.375. The van der Waals surface area contributed by atoms with Gasteiger partial charge in [-0.05, 0) is 38.8 Å². The van der Waals surface area contributed by atoms with Gasteiger partial charge in [0.25, 0.3) is 0 Å². The zero-order valence-corrected chi connectivity index (χ0v) is 19.5. The Morgan fingerprint density at radius 2 is 1.91 bits per heavy atom. The van der Waals surface area contributed by atoms with Crippen LogP contribution in [0.3, 0.4) is 0 Å². The van der Waals surface area contributed by atoms with Gasteiger partial charge in [0.05, 0.1) is 22.8 Å². The smallest absolute Gasteiger partial charge is 0.326 e. The lowest BCUT2D eigenvalue weighted by molar-refractivity contribution is 0.395. The van der Waals surface area contributed by atoms with Crippen molar-refractivity contribution in [3.05, 3.63) is 53.5 Å². The van der Waals surface area contributed by atoms with Gasteiger partial charge in [-0.1, -0.05) is 12.1 Å². The molecule has 0 bridgehead atoms. The molecule has 1 N–H and O–H groups in total. The molecule has 1 aromatic carbocycles. The molecule has 1 aliphatic heterocycles. The first-order valence-corrected chi connectivity index (χ1v) is 11.7. The highest BCUT2D eigenvalue weighted by molar-refractivity contribution is 5.86. The molecule has 34 heavy (non-hydrogen) atoms. The van der Waals surface area contributed by atoms with E-state index in [9.17, 15) is 4.79 Å². The Morgan fingerprint density at radius 3 is 2.68 bits per heavy atom. The fourth-order valence-corrected chi connectivity index (χ4v) is 4.99. The van der Waals surface area contributed by atoms with E-state index < -0.39 is 0 Å². The molecule has 0 spiro atoms. The van der Waals surface area contributed by atoms with Crippen LogP contribution >= 0.6 is 0 Å². The average Bonchev–Trinajstić information content (AvgIpc) is 3.54. The van der Waals surface area contributed by atoms with Crippen molar-refractivity contribution >= 4 is 28.0 Å². The largest absolute Gasteiger partial charge is 0.355 e.